The second kappa shape index (κ2) is 9.07. The minimum atomic E-state index is -2.94. The molecule has 0 spiro atoms. The Labute approximate surface area is 176 Å². The average Bonchev–Trinajstić information content (AvgIpc) is 2.66. The highest BCUT2D eigenvalue weighted by molar-refractivity contribution is 9.10. The number of nitrogens with one attached hydrogen (secondary N) is 1. The van der Waals surface area contributed by atoms with E-state index >= 15 is 0 Å². The van der Waals surface area contributed by atoms with Gasteiger partial charge in [-0.25, -0.2) is 31.9 Å². The first kappa shape index (κ1) is 22.1. The molecule has 0 bridgehead atoms. The van der Waals surface area contributed by atoms with E-state index in [-0.39, 0.29) is 22.9 Å². The van der Waals surface area contributed by atoms with Gasteiger partial charge in [0.15, 0.2) is 12.3 Å². The third-order valence-electron chi connectivity index (χ3n) is 4.18. The van der Waals surface area contributed by atoms with E-state index in [4.69, 9.17) is 4.74 Å². The number of pyridine rings is 1. The SMILES string of the molecule is Cc1nc(NC(C)c2cccc(C(F)F)c2F)c2cc(Br)c(OCC(F)F)nc2n1. The zero-order chi connectivity index (χ0) is 22.0. The van der Waals surface area contributed by atoms with E-state index in [9.17, 15) is 22.0 Å². The van der Waals surface area contributed by atoms with Gasteiger partial charge in [0.1, 0.15) is 17.5 Å². The number of ether oxygens (including phenoxy) is 1. The highest BCUT2D eigenvalue weighted by Gasteiger charge is 2.21. The van der Waals surface area contributed by atoms with E-state index in [0.29, 0.717) is 15.7 Å². The maximum atomic E-state index is 14.5. The molecule has 3 rings (SSSR count). The van der Waals surface area contributed by atoms with Crippen LogP contribution in [0.3, 0.4) is 0 Å². The maximum absolute atomic E-state index is 14.5. The van der Waals surface area contributed by atoms with Gasteiger partial charge in [0, 0.05) is 5.56 Å². The number of anilines is 1. The van der Waals surface area contributed by atoms with E-state index in [1.165, 1.54) is 18.2 Å². The van der Waals surface area contributed by atoms with E-state index < -0.39 is 36.9 Å². The summed E-state index contributed by atoms with van der Waals surface area (Å²) in [5, 5.41) is 3.40. The second-order valence-electron chi connectivity index (χ2n) is 6.39. The molecule has 1 aromatic carbocycles. The van der Waals surface area contributed by atoms with Crippen LogP contribution in [0.25, 0.3) is 11.0 Å². The molecule has 0 radical (unpaired) electrons. The zero-order valence-electron chi connectivity index (χ0n) is 15.8. The summed E-state index contributed by atoms with van der Waals surface area (Å²) in [5.74, 6) is -0.464. The molecule has 2 aromatic heterocycles. The van der Waals surface area contributed by atoms with Crippen LogP contribution in [0.15, 0.2) is 28.7 Å². The lowest BCUT2D eigenvalue weighted by molar-refractivity contribution is 0.0793. The Morgan fingerprint density at radius 2 is 1.80 bits per heavy atom. The number of halogens is 6. The molecule has 30 heavy (non-hydrogen) atoms. The first-order valence-corrected chi connectivity index (χ1v) is 9.55. The summed E-state index contributed by atoms with van der Waals surface area (Å²) >= 11 is 3.21. The fourth-order valence-electron chi connectivity index (χ4n) is 2.83. The molecule has 1 unspecified atom stereocenters. The lowest BCUT2D eigenvalue weighted by Gasteiger charge is -2.19. The number of hydrogen-bond acceptors (Lipinski definition) is 5. The summed E-state index contributed by atoms with van der Waals surface area (Å²) < 4.78 is 70.6. The summed E-state index contributed by atoms with van der Waals surface area (Å²) in [6.07, 6.45) is -5.61. The summed E-state index contributed by atoms with van der Waals surface area (Å²) in [6.45, 7) is 2.36. The van der Waals surface area contributed by atoms with Gasteiger partial charge < -0.3 is 10.1 Å². The van der Waals surface area contributed by atoms with Crippen molar-refractivity contribution in [3.8, 4) is 5.88 Å². The van der Waals surface area contributed by atoms with Crippen molar-refractivity contribution >= 4 is 32.8 Å². The van der Waals surface area contributed by atoms with Crippen LogP contribution >= 0.6 is 15.9 Å². The summed E-state index contributed by atoms with van der Waals surface area (Å²) in [5.41, 5.74) is -0.470. The van der Waals surface area contributed by atoms with Crippen LogP contribution in [0.1, 0.15) is 36.3 Å². The molecule has 0 fully saturated rings. The van der Waals surface area contributed by atoms with Gasteiger partial charge in [-0.15, -0.1) is 0 Å². The van der Waals surface area contributed by atoms with Crippen molar-refractivity contribution in [2.24, 2.45) is 0 Å². The number of benzene rings is 1. The number of fused-ring (bicyclic) bond motifs is 1. The van der Waals surface area contributed by atoms with Crippen molar-refractivity contribution in [2.75, 3.05) is 11.9 Å². The Morgan fingerprint density at radius 3 is 2.47 bits per heavy atom. The molecule has 0 aliphatic heterocycles. The van der Waals surface area contributed by atoms with Crippen LogP contribution in [0.4, 0.5) is 27.8 Å². The zero-order valence-corrected chi connectivity index (χ0v) is 17.4. The van der Waals surface area contributed by atoms with Gasteiger partial charge in [-0.05, 0) is 35.8 Å². The predicted molar refractivity (Wildman–Crippen MR) is 105 cm³/mol. The molecule has 0 amide bonds. The van der Waals surface area contributed by atoms with Crippen molar-refractivity contribution in [3.63, 3.8) is 0 Å². The molecule has 160 valence electrons. The van der Waals surface area contributed by atoms with Crippen LogP contribution < -0.4 is 10.1 Å². The maximum Gasteiger partial charge on any atom is 0.272 e. The molecule has 3 aromatic rings. The van der Waals surface area contributed by atoms with Crippen LogP contribution in [-0.2, 0) is 0 Å². The van der Waals surface area contributed by atoms with Gasteiger partial charge in [-0.2, -0.15) is 4.98 Å². The third-order valence-corrected chi connectivity index (χ3v) is 4.75. The predicted octanol–water partition coefficient (Wildman–Crippen LogP) is 5.99. The van der Waals surface area contributed by atoms with Gasteiger partial charge in [0.2, 0.25) is 5.88 Å². The number of aryl methyl sites for hydroxylation is 1. The standard InChI is InChI=1S/C19H16BrF5N4O/c1-8(10-4-3-5-11(15(10)23)16(24)25)26-17-12-6-13(20)19(30-7-14(21)22)29-18(12)28-9(2)27-17/h3-6,8,14,16H,7H2,1-2H3,(H,26,27,28,29). The number of alkyl halides is 4. The molecule has 0 saturated carbocycles. The quantitative estimate of drug-likeness (QED) is 0.412. The van der Waals surface area contributed by atoms with Crippen molar-refractivity contribution < 1.29 is 26.7 Å². The summed E-state index contributed by atoms with van der Waals surface area (Å²) in [7, 11) is 0. The molecule has 1 N–H and O–H groups in total. The Morgan fingerprint density at radius 1 is 1.10 bits per heavy atom. The van der Waals surface area contributed by atoms with Gasteiger partial charge in [-0.3, -0.25) is 0 Å². The first-order chi connectivity index (χ1) is 14.2. The Kier molecular flexibility index (Phi) is 6.69. The van der Waals surface area contributed by atoms with E-state index in [0.717, 1.165) is 6.07 Å². The van der Waals surface area contributed by atoms with Crippen molar-refractivity contribution in [2.45, 2.75) is 32.7 Å². The Balaban J connectivity index is 1.98. The molecule has 5 nitrogen and oxygen atoms in total. The number of nitrogens with zero attached hydrogens (tertiary/aromatic N) is 3. The van der Waals surface area contributed by atoms with Crippen LogP contribution in [0.5, 0.6) is 5.88 Å². The normalized spacial score (nSPS) is 12.6. The Hall–Kier alpha value is -2.56. The topological polar surface area (TPSA) is 59.9 Å². The molecule has 1 atom stereocenters. The average molecular weight is 491 g/mol. The molecule has 11 heteroatoms. The highest BCUT2D eigenvalue weighted by atomic mass is 79.9. The van der Waals surface area contributed by atoms with Crippen molar-refractivity contribution in [3.05, 3.63) is 51.5 Å². The fourth-order valence-corrected chi connectivity index (χ4v) is 3.26. The second-order valence-corrected chi connectivity index (χ2v) is 7.24. The smallest absolute Gasteiger partial charge is 0.272 e. The van der Waals surface area contributed by atoms with Crippen molar-refractivity contribution in [1.29, 1.82) is 0 Å². The Bertz CT molecular complexity index is 1070. The molecule has 0 saturated heterocycles. The fraction of sp³-hybridized carbons (Fsp3) is 0.316. The molecule has 0 aliphatic rings. The van der Waals surface area contributed by atoms with E-state index in [1.807, 2.05) is 0 Å². The van der Waals surface area contributed by atoms with Crippen molar-refractivity contribution in [1.82, 2.24) is 15.0 Å². The largest absolute Gasteiger partial charge is 0.471 e. The molecular weight excluding hydrogens is 475 g/mol. The van der Waals surface area contributed by atoms with Gasteiger partial charge in [0.25, 0.3) is 12.9 Å². The van der Waals surface area contributed by atoms with E-state index in [2.05, 4.69) is 36.2 Å². The monoisotopic (exact) mass is 490 g/mol. The lowest BCUT2D eigenvalue weighted by atomic mass is 10.0. The van der Waals surface area contributed by atoms with Gasteiger partial charge in [-0.1, -0.05) is 18.2 Å². The minimum absolute atomic E-state index is 0.0427. The molecule has 2 heterocycles. The molecular formula is C19H16BrF5N4O. The summed E-state index contributed by atoms with van der Waals surface area (Å²) in [4.78, 5) is 12.6. The summed E-state index contributed by atoms with van der Waals surface area (Å²) in [6, 6.07) is 4.60. The van der Waals surface area contributed by atoms with Crippen LogP contribution in [0.2, 0.25) is 0 Å². The third kappa shape index (κ3) is 4.77. The highest BCUT2D eigenvalue weighted by Crippen LogP contribution is 2.33. The number of aromatic nitrogens is 3. The lowest BCUT2D eigenvalue weighted by Crippen LogP contribution is -2.13. The van der Waals surface area contributed by atoms with E-state index in [1.54, 1.807) is 13.8 Å². The van der Waals surface area contributed by atoms with Crippen LogP contribution in [-0.4, -0.2) is 28.0 Å². The van der Waals surface area contributed by atoms with Crippen LogP contribution in [0, 0.1) is 12.7 Å². The first-order valence-electron chi connectivity index (χ1n) is 8.76. The number of hydrogen-bond donors (Lipinski definition) is 1. The molecule has 0 aliphatic carbocycles. The van der Waals surface area contributed by atoms with Gasteiger partial charge >= 0.3 is 0 Å². The number of rotatable bonds is 7. The van der Waals surface area contributed by atoms with Gasteiger partial charge in [0.05, 0.1) is 21.5 Å². The minimum Gasteiger partial charge on any atom is -0.471 e.